The molecule has 0 atom stereocenters. The lowest BCUT2D eigenvalue weighted by Crippen LogP contribution is -2.24. The molecule has 0 spiro atoms. The quantitative estimate of drug-likeness (QED) is 0.826. The molecule has 0 unspecified atom stereocenters. The molecule has 1 heterocycles. The number of benzene rings is 1. The van der Waals surface area contributed by atoms with Gasteiger partial charge >= 0.3 is 5.97 Å². The number of carbonyl (C=O) groups excluding carboxylic acids is 1. The lowest BCUT2D eigenvalue weighted by atomic mass is 10.1. The molecule has 2 N–H and O–H groups in total. The number of hydrogen-bond donors (Lipinski definition) is 2. The minimum absolute atomic E-state index is 0.131. The van der Waals surface area contributed by atoms with Gasteiger partial charge in [-0.15, -0.1) is 0 Å². The lowest BCUT2D eigenvalue weighted by molar-refractivity contribution is -0.134. The summed E-state index contributed by atoms with van der Waals surface area (Å²) in [7, 11) is 0. The van der Waals surface area contributed by atoms with Crippen LogP contribution in [0.2, 0.25) is 0 Å². The SMILES string of the molecule is CC(=O)N/C(=C/c1cc2c(cc1Br)OCO2)C(=O)O. The molecule has 0 saturated heterocycles. The van der Waals surface area contributed by atoms with E-state index in [0.717, 1.165) is 0 Å². The third kappa shape index (κ3) is 3.05. The van der Waals surface area contributed by atoms with Crippen LogP contribution in [0.1, 0.15) is 12.5 Å². The molecule has 100 valence electrons. The average Bonchev–Trinajstić information content (AvgIpc) is 2.74. The Morgan fingerprint density at radius 2 is 2.00 bits per heavy atom. The molecule has 1 amide bonds. The van der Waals surface area contributed by atoms with Crippen molar-refractivity contribution in [3.63, 3.8) is 0 Å². The Bertz CT molecular complexity index is 582. The predicted molar refractivity (Wildman–Crippen MR) is 69.7 cm³/mol. The zero-order valence-electron chi connectivity index (χ0n) is 9.90. The zero-order chi connectivity index (χ0) is 14.0. The number of halogens is 1. The van der Waals surface area contributed by atoms with Crippen molar-refractivity contribution in [2.45, 2.75) is 6.92 Å². The van der Waals surface area contributed by atoms with Gasteiger partial charge in [-0.05, 0) is 23.8 Å². The highest BCUT2D eigenvalue weighted by Gasteiger charge is 2.17. The summed E-state index contributed by atoms with van der Waals surface area (Å²) in [5.41, 5.74) is 0.350. The molecule has 0 aliphatic carbocycles. The van der Waals surface area contributed by atoms with E-state index in [1.807, 2.05) is 0 Å². The molecule has 1 aromatic carbocycles. The van der Waals surface area contributed by atoms with Crippen LogP contribution < -0.4 is 14.8 Å². The van der Waals surface area contributed by atoms with E-state index in [9.17, 15) is 9.59 Å². The minimum Gasteiger partial charge on any atom is -0.477 e. The second-order valence-electron chi connectivity index (χ2n) is 3.77. The topological polar surface area (TPSA) is 84.9 Å². The van der Waals surface area contributed by atoms with Crippen LogP contribution in [0.15, 0.2) is 22.3 Å². The Hall–Kier alpha value is -2.02. The fourth-order valence-electron chi connectivity index (χ4n) is 1.54. The van der Waals surface area contributed by atoms with Crippen LogP contribution in [0.4, 0.5) is 0 Å². The first-order chi connectivity index (χ1) is 8.97. The van der Waals surface area contributed by atoms with Crippen molar-refractivity contribution in [3.05, 3.63) is 27.9 Å². The fraction of sp³-hybridized carbons (Fsp3) is 0.167. The van der Waals surface area contributed by atoms with Crippen molar-refractivity contribution in [1.82, 2.24) is 5.32 Å². The first kappa shape index (κ1) is 13.4. The highest BCUT2D eigenvalue weighted by molar-refractivity contribution is 9.10. The van der Waals surface area contributed by atoms with E-state index in [1.165, 1.54) is 13.0 Å². The van der Waals surface area contributed by atoms with Crippen molar-refractivity contribution in [1.29, 1.82) is 0 Å². The van der Waals surface area contributed by atoms with Gasteiger partial charge in [-0.1, -0.05) is 15.9 Å². The van der Waals surface area contributed by atoms with E-state index in [-0.39, 0.29) is 12.5 Å². The standard InChI is InChI=1S/C12H10BrNO5/c1-6(15)14-9(12(16)17)2-7-3-10-11(4-8(7)13)19-5-18-10/h2-4H,5H2,1H3,(H,14,15)(H,16,17)/b9-2+. The summed E-state index contributed by atoms with van der Waals surface area (Å²) in [6.45, 7) is 1.37. The van der Waals surface area contributed by atoms with Gasteiger partial charge in [0.15, 0.2) is 11.5 Å². The number of carbonyl (C=O) groups is 2. The maximum atomic E-state index is 11.0. The molecular weight excluding hydrogens is 318 g/mol. The Morgan fingerprint density at radius 1 is 1.37 bits per heavy atom. The number of carboxylic acids is 1. The van der Waals surface area contributed by atoms with Crippen molar-refractivity contribution >= 4 is 33.9 Å². The molecule has 7 heteroatoms. The molecule has 1 aromatic rings. The van der Waals surface area contributed by atoms with Crippen molar-refractivity contribution in [3.8, 4) is 11.5 Å². The number of ether oxygens (including phenoxy) is 2. The number of carboxylic acid groups (broad SMARTS) is 1. The predicted octanol–water partition coefficient (Wildman–Crippen LogP) is 1.74. The summed E-state index contributed by atoms with van der Waals surface area (Å²) in [6, 6.07) is 3.32. The van der Waals surface area contributed by atoms with Crippen molar-refractivity contribution in [2.75, 3.05) is 6.79 Å². The van der Waals surface area contributed by atoms with Crippen LogP contribution in [-0.4, -0.2) is 23.8 Å². The van der Waals surface area contributed by atoms with Crippen molar-refractivity contribution < 1.29 is 24.2 Å². The number of rotatable bonds is 3. The van der Waals surface area contributed by atoms with Gasteiger partial charge < -0.3 is 19.9 Å². The first-order valence-corrected chi connectivity index (χ1v) is 6.08. The third-order valence-electron chi connectivity index (χ3n) is 2.33. The van der Waals surface area contributed by atoms with Gasteiger partial charge in [0.25, 0.3) is 0 Å². The first-order valence-electron chi connectivity index (χ1n) is 5.29. The van der Waals surface area contributed by atoms with E-state index in [2.05, 4.69) is 21.2 Å². The van der Waals surface area contributed by atoms with Crippen LogP contribution in [0.25, 0.3) is 6.08 Å². The van der Waals surface area contributed by atoms with Gasteiger partial charge in [0.1, 0.15) is 5.70 Å². The van der Waals surface area contributed by atoms with Crippen LogP contribution in [0.5, 0.6) is 11.5 Å². The number of hydrogen-bond acceptors (Lipinski definition) is 4. The highest BCUT2D eigenvalue weighted by atomic mass is 79.9. The summed E-state index contributed by atoms with van der Waals surface area (Å²) in [4.78, 5) is 22.0. The Balaban J connectivity index is 2.40. The second kappa shape index (κ2) is 5.31. The molecule has 0 fully saturated rings. The van der Waals surface area contributed by atoms with E-state index < -0.39 is 11.9 Å². The zero-order valence-corrected chi connectivity index (χ0v) is 11.5. The number of fused-ring (bicyclic) bond motifs is 1. The van der Waals surface area contributed by atoms with E-state index >= 15 is 0 Å². The van der Waals surface area contributed by atoms with Gasteiger partial charge in [0.05, 0.1) is 0 Å². The monoisotopic (exact) mass is 327 g/mol. The van der Waals surface area contributed by atoms with E-state index in [1.54, 1.807) is 12.1 Å². The molecule has 0 saturated carbocycles. The molecule has 1 aliphatic heterocycles. The molecule has 0 aromatic heterocycles. The van der Waals surface area contributed by atoms with Crippen LogP contribution in [-0.2, 0) is 9.59 Å². The Kier molecular flexibility index (Phi) is 3.75. The molecular formula is C12H10BrNO5. The number of aliphatic carboxylic acids is 1. The van der Waals surface area contributed by atoms with Crippen LogP contribution in [0, 0.1) is 0 Å². The summed E-state index contributed by atoms with van der Waals surface area (Å²) in [5.74, 6) is -0.562. The third-order valence-corrected chi connectivity index (χ3v) is 3.02. The van der Waals surface area contributed by atoms with Gasteiger partial charge in [0.2, 0.25) is 12.7 Å². The van der Waals surface area contributed by atoms with Gasteiger partial charge in [-0.3, -0.25) is 4.79 Å². The average molecular weight is 328 g/mol. The smallest absolute Gasteiger partial charge is 0.352 e. The van der Waals surface area contributed by atoms with Gasteiger partial charge in [-0.2, -0.15) is 0 Å². The second-order valence-corrected chi connectivity index (χ2v) is 4.63. The van der Waals surface area contributed by atoms with Gasteiger partial charge in [-0.25, -0.2) is 4.79 Å². The minimum atomic E-state index is -1.22. The van der Waals surface area contributed by atoms with E-state index in [0.29, 0.717) is 21.5 Å². The van der Waals surface area contributed by atoms with Gasteiger partial charge in [0, 0.05) is 11.4 Å². The summed E-state index contributed by atoms with van der Waals surface area (Å²) >= 11 is 3.31. The number of nitrogens with one attached hydrogen (secondary N) is 1. The maximum Gasteiger partial charge on any atom is 0.352 e. The summed E-state index contributed by atoms with van der Waals surface area (Å²) in [6.07, 6.45) is 1.34. The molecule has 6 nitrogen and oxygen atoms in total. The molecule has 2 rings (SSSR count). The fourth-order valence-corrected chi connectivity index (χ4v) is 1.98. The lowest BCUT2D eigenvalue weighted by Gasteiger charge is -2.05. The Morgan fingerprint density at radius 3 is 2.58 bits per heavy atom. The normalized spacial score (nSPS) is 13.3. The van der Waals surface area contributed by atoms with Crippen LogP contribution >= 0.6 is 15.9 Å². The number of amides is 1. The summed E-state index contributed by atoms with van der Waals surface area (Å²) < 4.78 is 11.0. The highest BCUT2D eigenvalue weighted by Crippen LogP contribution is 2.37. The molecule has 19 heavy (non-hydrogen) atoms. The van der Waals surface area contributed by atoms with Crippen LogP contribution in [0.3, 0.4) is 0 Å². The largest absolute Gasteiger partial charge is 0.477 e. The summed E-state index contributed by atoms with van der Waals surface area (Å²) in [5, 5.41) is 11.3. The van der Waals surface area contributed by atoms with E-state index in [4.69, 9.17) is 14.6 Å². The maximum absolute atomic E-state index is 11.0. The molecule has 1 aliphatic rings. The Labute approximate surface area is 117 Å². The molecule has 0 bridgehead atoms. The van der Waals surface area contributed by atoms with Crippen molar-refractivity contribution in [2.24, 2.45) is 0 Å². The molecule has 0 radical (unpaired) electrons.